The maximum atomic E-state index is 6.60. The van der Waals surface area contributed by atoms with Crippen LogP contribution in [0.3, 0.4) is 0 Å². The monoisotopic (exact) mass is 824 g/mol. The number of hydrogen-bond donors (Lipinski definition) is 0. The van der Waals surface area contributed by atoms with Gasteiger partial charge in [0.25, 0.3) is 0 Å². The normalized spacial score (nSPS) is 13.0. The first-order valence-electron chi connectivity index (χ1n) is 21.7. The maximum Gasteiger partial charge on any atom is 0.160 e. The van der Waals surface area contributed by atoms with E-state index in [-0.39, 0.29) is 5.41 Å². The molecule has 0 fully saturated rings. The topological polar surface area (TPSA) is 21.3 Å². The highest BCUT2D eigenvalue weighted by molar-refractivity contribution is 7.22. The van der Waals surface area contributed by atoms with Gasteiger partial charge in [0.15, 0.2) is 5.58 Å². The van der Waals surface area contributed by atoms with Crippen LogP contribution in [0.4, 0.5) is 17.1 Å². The summed E-state index contributed by atoms with van der Waals surface area (Å²) in [6, 6.07) is 75.4. The van der Waals surface area contributed by atoms with Crippen LogP contribution >= 0.6 is 11.3 Å². The molecule has 0 radical (unpaired) electrons. The van der Waals surface area contributed by atoms with Gasteiger partial charge in [0.05, 0.1) is 11.0 Å². The van der Waals surface area contributed by atoms with Crippen LogP contribution in [0.2, 0.25) is 0 Å². The van der Waals surface area contributed by atoms with E-state index in [1.807, 2.05) is 17.4 Å². The highest BCUT2D eigenvalue weighted by Gasteiger charge is 2.35. The SMILES string of the molecule is CC1(C)c2ccccc2-c2ccc(N(c3ccc(-c4ccc(-n5c6ccccc6c6ccc7c8ccccc8oc7c65)cc4)cc3)c3ccc(-c4cc5ccccc5s4)cc3)cc21. The summed E-state index contributed by atoms with van der Waals surface area (Å²) in [5.41, 5.74) is 17.4. The van der Waals surface area contributed by atoms with Gasteiger partial charge in [-0.2, -0.15) is 0 Å². The number of furan rings is 1. The Kier molecular flexibility index (Phi) is 7.82. The lowest BCUT2D eigenvalue weighted by Crippen LogP contribution is -2.16. The Morgan fingerprint density at radius 2 is 1.10 bits per heavy atom. The molecular weight excluding hydrogens is 785 g/mol. The molecule has 1 aliphatic carbocycles. The first-order valence-corrected chi connectivity index (χ1v) is 22.5. The molecule has 1 aliphatic rings. The largest absolute Gasteiger partial charge is 0.454 e. The van der Waals surface area contributed by atoms with E-state index in [1.165, 1.54) is 53.6 Å². The van der Waals surface area contributed by atoms with Crippen molar-refractivity contribution in [2.45, 2.75) is 19.3 Å². The van der Waals surface area contributed by atoms with Gasteiger partial charge in [-0.3, -0.25) is 0 Å². The van der Waals surface area contributed by atoms with Crippen LogP contribution in [-0.4, -0.2) is 4.57 Å². The lowest BCUT2D eigenvalue weighted by Gasteiger charge is -2.28. The summed E-state index contributed by atoms with van der Waals surface area (Å²) in [4.78, 5) is 3.69. The molecule has 0 bridgehead atoms. The number of anilines is 3. The molecule has 4 heteroatoms. The molecule has 0 amide bonds. The molecule has 13 rings (SSSR count). The minimum absolute atomic E-state index is 0.105. The van der Waals surface area contributed by atoms with E-state index in [9.17, 15) is 0 Å². The van der Waals surface area contributed by atoms with Crippen LogP contribution in [0.5, 0.6) is 0 Å². The Morgan fingerprint density at radius 3 is 1.89 bits per heavy atom. The van der Waals surface area contributed by atoms with E-state index >= 15 is 0 Å². The summed E-state index contributed by atoms with van der Waals surface area (Å²) < 4.78 is 10.3. The van der Waals surface area contributed by atoms with Crippen LogP contribution in [0.15, 0.2) is 211 Å². The molecule has 3 heterocycles. The predicted molar refractivity (Wildman–Crippen MR) is 267 cm³/mol. The van der Waals surface area contributed by atoms with Crippen molar-refractivity contribution in [2.24, 2.45) is 0 Å². The quantitative estimate of drug-likeness (QED) is 0.167. The van der Waals surface area contributed by atoms with Crippen molar-refractivity contribution >= 4 is 82.2 Å². The van der Waals surface area contributed by atoms with Crippen molar-refractivity contribution in [2.75, 3.05) is 4.90 Å². The van der Waals surface area contributed by atoms with E-state index in [1.54, 1.807) is 0 Å². The zero-order valence-electron chi connectivity index (χ0n) is 34.8. The molecule has 0 atom stereocenters. The number of nitrogens with zero attached hydrogens (tertiary/aromatic N) is 2. The molecule has 9 aromatic carbocycles. The van der Waals surface area contributed by atoms with Gasteiger partial charge in [0.2, 0.25) is 0 Å². The van der Waals surface area contributed by atoms with Crippen molar-refractivity contribution < 1.29 is 4.42 Å². The second-order valence-electron chi connectivity index (χ2n) is 17.3. The van der Waals surface area contributed by atoms with E-state index in [0.717, 1.165) is 66.8 Å². The fourth-order valence-electron chi connectivity index (χ4n) is 10.3. The molecule has 63 heavy (non-hydrogen) atoms. The molecule has 3 nitrogen and oxygen atoms in total. The number of hydrogen-bond acceptors (Lipinski definition) is 3. The van der Waals surface area contributed by atoms with Crippen LogP contribution in [-0.2, 0) is 5.41 Å². The number of rotatable bonds is 6. The Morgan fingerprint density at radius 1 is 0.476 bits per heavy atom. The maximum absolute atomic E-state index is 6.60. The van der Waals surface area contributed by atoms with Gasteiger partial charge in [0, 0.05) is 59.3 Å². The number of benzene rings is 9. The third-order valence-corrected chi connectivity index (χ3v) is 14.6. The van der Waals surface area contributed by atoms with Gasteiger partial charge in [-0.05, 0) is 123 Å². The Hall–Kier alpha value is -7.66. The standard InChI is InChI=1S/C59H40N2OS/c1-59(2)51-15-7-4-12-45(51)46-32-31-44(36-52(46)59)60(42-29-23-39(24-30-42)56-35-40-11-3-10-18-55(40)63-56)41-25-19-37(20-26-41)38-21-27-43(28-22-38)61-53-16-8-5-13-47(53)49-33-34-50-48-14-6-9-17-54(48)62-58(50)57(49)61/h3-36H,1-2H3. The van der Waals surface area contributed by atoms with E-state index in [0.29, 0.717) is 0 Å². The third kappa shape index (κ3) is 5.51. The van der Waals surface area contributed by atoms with Gasteiger partial charge in [-0.15, -0.1) is 11.3 Å². The third-order valence-electron chi connectivity index (χ3n) is 13.4. The van der Waals surface area contributed by atoms with E-state index in [4.69, 9.17) is 4.42 Å². The van der Waals surface area contributed by atoms with Crippen LogP contribution in [0.1, 0.15) is 25.0 Å². The van der Waals surface area contributed by atoms with Crippen molar-refractivity contribution in [3.05, 3.63) is 217 Å². The summed E-state index contributed by atoms with van der Waals surface area (Å²) in [6.45, 7) is 4.71. The van der Waals surface area contributed by atoms with Crippen molar-refractivity contribution in [3.63, 3.8) is 0 Å². The van der Waals surface area contributed by atoms with Crippen molar-refractivity contribution in [1.29, 1.82) is 0 Å². The molecule has 0 unspecified atom stereocenters. The number of thiophene rings is 1. The van der Waals surface area contributed by atoms with E-state index < -0.39 is 0 Å². The summed E-state index contributed by atoms with van der Waals surface area (Å²) >= 11 is 1.85. The Labute approximate surface area is 369 Å². The number of para-hydroxylation sites is 2. The fourth-order valence-corrected chi connectivity index (χ4v) is 11.4. The second kappa shape index (κ2) is 13.7. The second-order valence-corrected chi connectivity index (χ2v) is 18.4. The van der Waals surface area contributed by atoms with Crippen LogP contribution in [0, 0.1) is 0 Å². The molecule has 0 aliphatic heterocycles. The highest BCUT2D eigenvalue weighted by atomic mass is 32.1. The number of fused-ring (bicyclic) bond motifs is 11. The van der Waals surface area contributed by atoms with Gasteiger partial charge in [0.1, 0.15) is 5.58 Å². The predicted octanol–water partition coefficient (Wildman–Crippen LogP) is 17.0. The first kappa shape index (κ1) is 36.0. The van der Waals surface area contributed by atoms with Crippen LogP contribution < -0.4 is 4.90 Å². The van der Waals surface area contributed by atoms with Crippen LogP contribution in [0.25, 0.3) is 92.2 Å². The Balaban J connectivity index is 0.887. The minimum atomic E-state index is -0.105. The summed E-state index contributed by atoms with van der Waals surface area (Å²) in [6.07, 6.45) is 0. The molecule has 0 spiro atoms. The average molecular weight is 825 g/mol. The summed E-state index contributed by atoms with van der Waals surface area (Å²) in [7, 11) is 0. The lowest BCUT2D eigenvalue weighted by molar-refractivity contribution is 0.660. The van der Waals surface area contributed by atoms with Gasteiger partial charge < -0.3 is 13.9 Å². The fraction of sp³-hybridized carbons (Fsp3) is 0.0508. The molecule has 0 saturated carbocycles. The molecule has 0 N–H and O–H groups in total. The first-order chi connectivity index (χ1) is 31.0. The lowest BCUT2D eigenvalue weighted by atomic mass is 9.82. The highest BCUT2D eigenvalue weighted by Crippen LogP contribution is 2.51. The van der Waals surface area contributed by atoms with Gasteiger partial charge >= 0.3 is 0 Å². The smallest absolute Gasteiger partial charge is 0.160 e. The minimum Gasteiger partial charge on any atom is -0.454 e. The van der Waals surface area contributed by atoms with Crippen molar-refractivity contribution in [1.82, 2.24) is 4.57 Å². The number of aromatic nitrogens is 1. The molecule has 298 valence electrons. The van der Waals surface area contributed by atoms with E-state index in [2.05, 4.69) is 224 Å². The van der Waals surface area contributed by atoms with Gasteiger partial charge in [-0.1, -0.05) is 141 Å². The molecule has 12 aromatic rings. The van der Waals surface area contributed by atoms with Gasteiger partial charge in [-0.25, -0.2) is 0 Å². The zero-order chi connectivity index (χ0) is 41.8. The average Bonchev–Trinajstić information content (AvgIpc) is 4.09. The molecule has 3 aromatic heterocycles. The zero-order valence-corrected chi connectivity index (χ0v) is 35.7. The molecular formula is C59H40N2OS. The molecule has 0 saturated heterocycles. The summed E-state index contributed by atoms with van der Waals surface area (Å²) in [5, 5.41) is 5.96. The summed E-state index contributed by atoms with van der Waals surface area (Å²) in [5.74, 6) is 0. The Bertz CT molecular complexity index is 3720. The van der Waals surface area contributed by atoms with Crippen molar-refractivity contribution in [3.8, 4) is 38.4 Å².